The van der Waals surface area contributed by atoms with Gasteiger partial charge in [0.2, 0.25) is 12.0 Å². The molecule has 2 atom stereocenters. The Morgan fingerprint density at radius 1 is 0.864 bits per heavy atom. The van der Waals surface area contributed by atoms with Crippen molar-refractivity contribution in [3.05, 3.63) is 66.2 Å². The second kappa shape index (κ2) is 4.80. The van der Waals surface area contributed by atoms with Crippen molar-refractivity contribution in [2.45, 2.75) is 6.10 Å². The lowest BCUT2D eigenvalue weighted by molar-refractivity contribution is -0.126. The Hall–Kier alpha value is -2.95. The highest BCUT2D eigenvalue weighted by Crippen LogP contribution is 2.34. The molecule has 0 spiro atoms. The first kappa shape index (κ1) is 12.8. The third-order valence-electron chi connectivity index (χ3n) is 3.90. The molecule has 0 N–H and O–H groups in total. The average Bonchev–Trinajstić information content (AvgIpc) is 3.10. The molecule has 1 fully saturated rings. The van der Waals surface area contributed by atoms with Gasteiger partial charge in [0.15, 0.2) is 0 Å². The molecule has 0 aliphatic carbocycles. The van der Waals surface area contributed by atoms with Crippen LogP contribution in [0.5, 0.6) is 0 Å². The molecule has 0 radical (unpaired) electrons. The SMILES string of the molecule is O=C1C2ON=C(c3ccccc3)C2C(=O)N1c1ccccc1. The van der Waals surface area contributed by atoms with E-state index >= 15 is 0 Å². The topological polar surface area (TPSA) is 59.0 Å². The zero-order chi connectivity index (χ0) is 15.1. The maximum Gasteiger partial charge on any atom is 0.278 e. The highest BCUT2D eigenvalue weighted by Gasteiger charge is 2.56. The van der Waals surface area contributed by atoms with E-state index in [9.17, 15) is 9.59 Å². The van der Waals surface area contributed by atoms with E-state index in [4.69, 9.17) is 4.84 Å². The second-order valence-electron chi connectivity index (χ2n) is 5.19. The molecule has 5 nitrogen and oxygen atoms in total. The molecule has 5 heteroatoms. The molecular weight excluding hydrogens is 280 g/mol. The lowest BCUT2D eigenvalue weighted by Gasteiger charge is -2.15. The van der Waals surface area contributed by atoms with Gasteiger partial charge in [0, 0.05) is 5.56 Å². The summed E-state index contributed by atoms with van der Waals surface area (Å²) >= 11 is 0. The van der Waals surface area contributed by atoms with Gasteiger partial charge in [0.1, 0.15) is 11.6 Å². The van der Waals surface area contributed by atoms with E-state index in [1.54, 1.807) is 24.3 Å². The number of rotatable bonds is 2. The van der Waals surface area contributed by atoms with Crippen LogP contribution in [-0.4, -0.2) is 23.6 Å². The van der Waals surface area contributed by atoms with Crippen LogP contribution in [0.1, 0.15) is 5.56 Å². The number of oxime groups is 1. The van der Waals surface area contributed by atoms with Crippen molar-refractivity contribution in [1.29, 1.82) is 0 Å². The molecule has 2 aromatic rings. The maximum atomic E-state index is 12.7. The summed E-state index contributed by atoms with van der Waals surface area (Å²) in [7, 11) is 0. The van der Waals surface area contributed by atoms with E-state index < -0.39 is 12.0 Å². The Balaban J connectivity index is 1.73. The van der Waals surface area contributed by atoms with Gasteiger partial charge in [-0.25, -0.2) is 4.90 Å². The number of benzene rings is 2. The van der Waals surface area contributed by atoms with Gasteiger partial charge in [-0.05, 0) is 12.1 Å². The minimum atomic E-state index is -0.858. The van der Waals surface area contributed by atoms with Crippen LogP contribution in [0.25, 0.3) is 0 Å². The molecule has 4 rings (SSSR count). The lowest BCUT2D eigenvalue weighted by Crippen LogP contribution is -2.33. The molecule has 108 valence electrons. The highest BCUT2D eigenvalue weighted by molar-refractivity contribution is 6.32. The fraction of sp³-hybridized carbons (Fsp3) is 0.118. The molecule has 0 aromatic heterocycles. The van der Waals surface area contributed by atoms with E-state index in [2.05, 4.69) is 5.16 Å². The Morgan fingerprint density at radius 2 is 1.50 bits per heavy atom. The number of amides is 2. The molecular formula is C17H12N2O3. The summed E-state index contributed by atoms with van der Waals surface area (Å²) in [6.07, 6.45) is -0.858. The summed E-state index contributed by atoms with van der Waals surface area (Å²) in [6.45, 7) is 0. The van der Waals surface area contributed by atoms with Crippen molar-refractivity contribution in [1.82, 2.24) is 0 Å². The summed E-state index contributed by atoms with van der Waals surface area (Å²) in [5.74, 6) is -1.33. The standard InChI is InChI=1S/C17H12N2O3/c20-16-13-14(11-7-3-1-4-8-11)18-22-15(13)17(21)19(16)12-9-5-2-6-10-12/h1-10,13,15H. The molecule has 2 amide bonds. The van der Waals surface area contributed by atoms with Crippen LogP contribution in [0.15, 0.2) is 65.8 Å². The fourth-order valence-corrected chi connectivity index (χ4v) is 2.86. The Labute approximate surface area is 126 Å². The van der Waals surface area contributed by atoms with E-state index in [0.29, 0.717) is 11.4 Å². The van der Waals surface area contributed by atoms with E-state index in [1.165, 1.54) is 4.90 Å². The minimum Gasteiger partial charge on any atom is -0.381 e. The summed E-state index contributed by atoms with van der Waals surface area (Å²) in [5.41, 5.74) is 1.87. The first-order valence-electron chi connectivity index (χ1n) is 6.99. The third kappa shape index (κ3) is 1.75. The Bertz CT molecular complexity index is 771. The maximum absolute atomic E-state index is 12.7. The summed E-state index contributed by atoms with van der Waals surface area (Å²) in [5, 5.41) is 3.97. The summed E-state index contributed by atoms with van der Waals surface area (Å²) < 4.78 is 0. The van der Waals surface area contributed by atoms with Gasteiger partial charge >= 0.3 is 0 Å². The number of anilines is 1. The largest absolute Gasteiger partial charge is 0.381 e. The first-order chi connectivity index (χ1) is 10.8. The van der Waals surface area contributed by atoms with Crippen molar-refractivity contribution in [2.24, 2.45) is 11.1 Å². The normalized spacial score (nSPS) is 23.3. The highest BCUT2D eigenvalue weighted by atomic mass is 16.6. The smallest absolute Gasteiger partial charge is 0.278 e. The molecule has 2 aliphatic rings. The molecule has 22 heavy (non-hydrogen) atoms. The van der Waals surface area contributed by atoms with Gasteiger partial charge in [-0.15, -0.1) is 0 Å². The zero-order valence-electron chi connectivity index (χ0n) is 11.5. The zero-order valence-corrected chi connectivity index (χ0v) is 11.5. The Morgan fingerprint density at radius 3 is 2.18 bits per heavy atom. The molecule has 2 unspecified atom stereocenters. The predicted octanol–water partition coefficient (Wildman–Crippen LogP) is 1.98. The summed E-state index contributed by atoms with van der Waals surface area (Å²) in [6, 6.07) is 18.2. The molecule has 2 heterocycles. The van der Waals surface area contributed by atoms with Crippen LogP contribution in [0.3, 0.4) is 0 Å². The van der Waals surface area contributed by atoms with Gasteiger partial charge in [-0.3, -0.25) is 9.59 Å². The second-order valence-corrected chi connectivity index (χ2v) is 5.19. The number of imide groups is 1. The molecule has 2 aliphatic heterocycles. The number of nitrogens with zero attached hydrogens (tertiary/aromatic N) is 2. The van der Waals surface area contributed by atoms with Gasteiger partial charge in [0.25, 0.3) is 5.91 Å². The molecule has 0 bridgehead atoms. The van der Waals surface area contributed by atoms with Crippen LogP contribution in [0.4, 0.5) is 5.69 Å². The van der Waals surface area contributed by atoms with Crippen LogP contribution in [0.2, 0.25) is 0 Å². The van der Waals surface area contributed by atoms with Gasteiger partial charge in [-0.2, -0.15) is 0 Å². The van der Waals surface area contributed by atoms with Crippen LogP contribution >= 0.6 is 0 Å². The number of carbonyl (C=O) groups excluding carboxylic acids is 2. The van der Waals surface area contributed by atoms with Crippen LogP contribution in [-0.2, 0) is 14.4 Å². The fourth-order valence-electron chi connectivity index (χ4n) is 2.86. The third-order valence-corrected chi connectivity index (χ3v) is 3.90. The monoisotopic (exact) mass is 292 g/mol. The minimum absolute atomic E-state index is 0.290. The van der Waals surface area contributed by atoms with Crippen molar-refractivity contribution in [3.8, 4) is 0 Å². The van der Waals surface area contributed by atoms with Crippen molar-refractivity contribution in [3.63, 3.8) is 0 Å². The van der Waals surface area contributed by atoms with Crippen molar-refractivity contribution in [2.75, 3.05) is 4.90 Å². The number of hydrogen-bond acceptors (Lipinski definition) is 4. The number of carbonyl (C=O) groups is 2. The number of para-hydroxylation sites is 1. The van der Waals surface area contributed by atoms with Crippen LogP contribution < -0.4 is 4.90 Å². The van der Waals surface area contributed by atoms with E-state index in [0.717, 1.165) is 5.56 Å². The predicted molar refractivity (Wildman–Crippen MR) is 80.3 cm³/mol. The Kier molecular flexibility index (Phi) is 2.79. The molecule has 0 saturated carbocycles. The van der Waals surface area contributed by atoms with Gasteiger partial charge in [-0.1, -0.05) is 53.7 Å². The molecule has 1 saturated heterocycles. The molecule has 2 aromatic carbocycles. The van der Waals surface area contributed by atoms with Crippen molar-refractivity contribution >= 4 is 23.2 Å². The summed E-state index contributed by atoms with van der Waals surface area (Å²) in [4.78, 5) is 31.6. The van der Waals surface area contributed by atoms with Crippen LogP contribution in [0, 0.1) is 5.92 Å². The number of hydrogen-bond donors (Lipinski definition) is 0. The van der Waals surface area contributed by atoms with Crippen molar-refractivity contribution < 1.29 is 14.4 Å². The van der Waals surface area contributed by atoms with Gasteiger partial charge in [0.05, 0.1) is 5.69 Å². The van der Waals surface area contributed by atoms with Gasteiger partial charge < -0.3 is 4.84 Å². The van der Waals surface area contributed by atoms with E-state index in [1.807, 2.05) is 36.4 Å². The quantitative estimate of drug-likeness (QED) is 0.795. The first-order valence-corrected chi connectivity index (χ1v) is 6.99. The van der Waals surface area contributed by atoms with E-state index in [-0.39, 0.29) is 11.8 Å². The average molecular weight is 292 g/mol. The number of fused-ring (bicyclic) bond motifs is 1. The lowest BCUT2D eigenvalue weighted by atomic mass is 9.94.